The Kier molecular flexibility index (Phi) is 5.86. The van der Waals surface area contributed by atoms with Crippen molar-refractivity contribution in [3.05, 3.63) is 63.9 Å². The second kappa shape index (κ2) is 8.31. The van der Waals surface area contributed by atoms with Crippen LogP contribution in [0.4, 0.5) is 0 Å². The smallest absolute Gasteiger partial charge is 0.216 e. The number of benzene rings is 2. The van der Waals surface area contributed by atoms with E-state index in [2.05, 4.69) is 48.2 Å². The highest BCUT2D eigenvalue weighted by atomic mass is 32.1. The summed E-state index contributed by atoms with van der Waals surface area (Å²) in [5.74, 6) is 1.98. The fourth-order valence-corrected chi connectivity index (χ4v) is 3.06. The first kappa shape index (κ1) is 19.0. The van der Waals surface area contributed by atoms with E-state index in [0.29, 0.717) is 23.1 Å². The molecule has 140 valence electrons. The standard InChI is InChI=1S/C21H24N4OS/c1-5-26-19-11-15(4)17(12-18(19)14(2)3)13-22-25-20(23-24-21(25)27)16-9-7-6-8-10-16/h6-14H,5H2,1-4H3,(H,24,27)/b22-13-. The zero-order valence-electron chi connectivity index (χ0n) is 16.1. The van der Waals surface area contributed by atoms with Crippen molar-refractivity contribution in [2.24, 2.45) is 5.10 Å². The van der Waals surface area contributed by atoms with Gasteiger partial charge in [-0.15, -0.1) is 0 Å². The average molecular weight is 381 g/mol. The van der Waals surface area contributed by atoms with Crippen LogP contribution in [0.15, 0.2) is 47.6 Å². The third kappa shape index (κ3) is 4.17. The molecule has 0 fully saturated rings. The van der Waals surface area contributed by atoms with E-state index in [1.807, 2.05) is 43.5 Å². The Morgan fingerprint density at radius 2 is 2.00 bits per heavy atom. The van der Waals surface area contributed by atoms with Crippen LogP contribution < -0.4 is 4.74 Å². The quantitative estimate of drug-likeness (QED) is 0.465. The van der Waals surface area contributed by atoms with Gasteiger partial charge in [-0.25, -0.2) is 5.10 Å². The number of hydrogen-bond acceptors (Lipinski definition) is 4. The maximum atomic E-state index is 5.80. The fourth-order valence-electron chi connectivity index (χ4n) is 2.88. The van der Waals surface area contributed by atoms with E-state index in [9.17, 15) is 0 Å². The molecule has 2 aromatic carbocycles. The molecular formula is C21H24N4OS. The van der Waals surface area contributed by atoms with Gasteiger partial charge in [-0.3, -0.25) is 0 Å². The lowest BCUT2D eigenvalue weighted by atomic mass is 9.97. The second-order valence-electron chi connectivity index (χ2n) is 6.61. The number of nitrogens with zero attached hydrogens (tertiary/aromatic N) is 3. The van der Waals surface area contributed by atoms with Crippen LogP contribution in [-0.2, 0) is 0 Å². The molecule has 0 aliphatic rings. The van der Waals surface area contributed by atoms with Gasteiger partial charge in [0.25, 0.3) is 0 Å². The molecule has 0 unspecified atom stereocenters. The maximum absolute atomic E-state index is 5.80. The number of rotatable bonds is 6. The van der Waals surface area contributed by atoms with Gasteiger partial charge in [-0.05, 0) is 60.8 Å². The highest BCUT2D eigenvalue weighted by Gasteiger charge is 2.12. The maximum Gasteiger partial charge on any atom is 0.216 e. The summed E-state index contributed by atoms with van der Waals surface area (Å²) in [5, 5.41) is 11.7. The third-order valence-corrected chi connectivity index (χ3v) is 4.58. The van der Waals surface area contributed by atoms with E-state index in [-0.39, 0.29) is 0 Å². The first-order chi connectivity index (χ1) is 13.0. The Balaban J connectivity index is 2.01. The summed E-state index contributed by atoms with van der Waals surface area (Å²) in [5.41, 5.74) is 4.25. The van der Waals surface area contributed by atoms with Crippen molar-refractivity contribution >= 4 is 18.4 Å². The van der Waals surface area contributed by atoms with Crippen molar-refractivity contribution in [1.29, 1.82) is 0 Å². The Morgan fingerprint density at radius 3 is 2.67 bits per heavy atom. The van der Waals surface area contributed by atoms with E-state index >= 15 is 0 Å². The van der Waals surface area contributed by atoms with E-state index in [4.69, 9.17) is 17.0 Å². The number of aryl methyl sites for hydroxylation is 1. The Labute approximate surface area is 164 Å². The number of nitrogens with one attached hydrogen (secondary N) is 1. The fraction of sp³-hybridized carbons (Fsp3) is 0.286. The minimum Gasteiger partial charge on any atom is -0.494 e. The number of aromatic amines is 1. The highest BCUT2D eigenvalue weighted by Crippen LogP contribution is 2.29. The van der Waals surface area contributed by atoms with Crippen molar-refractivity contribution in [2.75, 3.05) is 6.61 Å². The largest absolute Gasteiger partial charge is 0.494 e. The highest BCUT2D eigenvalue weighted by molar-refractivity contribution is 7.71. The minimum atomic E-state index is 0.357. The van der Waals surface area contributed by atoms with Crippen LogP contribution in [0, 0.1) is 11.7 Å². The van der Waals surface area contributed by atoms with Gasteiger partial charge in [0, 0.05) is 5.56 Å². The Hall–Kier alpha value is -2.73. The lowest BCUT2D eigenvalue weighted by Gasteiger charge is -2.15. The normalized spacial score (nSPS) is 11.4. The molecule has 0 atom stereocenters. The van der Waals surface area contributed by atoms with Crippen LogP contribution in [0.1, 0.15) is 43.4 Å². The number of aromatic nitrogens is 3. The van der Waals surface area contributed by atoms with Gasteiger partial charge in [0.1, 0.15) is 5.75 Å². The second-order valence-corrected chi connectivity index (χ2v) is 7.00. The monoisotopic (exact) mass is 380 g/mol. The molecular weight excluding hydrogens is 356 g/mol. The van der Waals surface area contributed by atoms with Crippen LogP contribution in [-0.4, -0.2) is 27.7 Å². The molecule has 3 aromatic rings. The van der Waals surface area contributed by atoms with E-state index in [1.165, 1.54) is 5.56 Å². The van der Waals surface area contributed by atoms with Crippen molar-refractivity contribution < 1.29 is 4.74 Å². The summed E-state index contributed by atoms with van der Waals surface area (Å²) in [6.07, 6.45) is 1.83. The van der Waals surface area contributed by atoms with Gasteiger partial charge < -0.3 is 4.74 Å². The predicted molar refractivity (Wildman–Crippen MR) is 112 cm³/mol. The first-order valence-corrected chi connectivity index (χ1v) is 9.46. The van der Waals surface area contributed by atoms with Gasteiger partial charge in [0.15, 0.2) is 5.82 Å². The number of ether oxygens (including phenoxy) is 1. The van der Waals surface area contributed by atoms with Crippen molar-refractivity contribution in [1.82, 2.24) is 14.9 Å². The van der Waals surface area contributed by atoms with E-state index in [1.54, 1.807) is 4.68 Å². The molecule has 0 saturated carbocycles. The van der Waals surface area contributed by atoms with Gasteiger partial charge in [-0.2, -0.15) is 14.9 Å². The summed E-state index contributed by atoms with van der Waals surface area (Å²) in [4.78, 5) is 0. The molecule has 0 saturated heterocycles. The molecule has 0 spiro atoms. The van der Waals surface area contributed by atoms with Gasteiger partial charge >= 0.3 is 0 Å². The van der Waals surface area contributed by atoms with Gasteiger partial charge in [0.05, 0.1) is 12.8 Å². The molecule has 0 aliphatic carbocycles. The summed E-state index contributed by atoms with van der Waals surface area (Å²) < 4.78 is 7.90. The molecule has 5 nitrogen and oxygen atoms in total. The Bertz CT molecular complexity index is 1000. The zero-order valence-corrected chi connectivity index (χ0v) is 16.9. The van der Waals surface area contributed by atoms with Crippen LogP contribution >= 0.6 is 12.2 Å². The number of H-pyrrole nitrogens is 1. The minimum absolute atomic E-state index is 0.357. The average Bonchev–Trinajstić information content (AvgIpc) is 3.02. The van der Waals surface area contributed by atoms with Crippen LogP contribution in [0.3, 0.4) is 0 Å². The van der Waals surface area contributed by atoms with Crippen LogP contribution in [0.5, 0.6) is 5.75 Å². The molecule has 27 heavy (non-hydrogen) atoms. The Morgan fingerprint density at radius 1 is 1.26 bits per heavy atom. The van der Waals surface area contributed by atoms with Crippen LogP contribution in [0.25, 0.3) is 11.4 Å². The SMILES string of the molecule is CCOc1cc(C)c(/C=N\n2c(-c3ccccc3)n[nH]c2=S)cc1C(C)C. The zero-order chi connectivity index (χ0) is 19.4. The lowest BCUT2D eigenvalue weighted by Crippen LogP contribution is -2.02. The molecule has 0 aliphatic heterocycles. The topological polar surface area (TPSA) is 55.2 Å². The molecule has 1 aromatic heterocycles. The molecule has 0 amide bonds. The molecule has 0 radical (unpaired) electrons. The number of hydrogen-bond donors (Lipinski definition) is 1. The molecule has 6 heteroatoms. The molecule has 1 heterocycles. The summed E-state index contributed by atoms with van der Waals surface area (Å²) in [7, 11) is 0. The lowest BCUT2D eigenvalue weighted by molar-refractivity contribution is 0.335. The molecule has 3 rings (SSSR count). The van der Waals surface area contributed by atoms with E-state index < -0.39 is 0 Å². The molecule has 1 N–H and O–H groups in total. The van der Waals surface area contributed by atoms with Crippen molar-refractivity contribution in [2.45, 2.75) is 33.6 Å². The van der Waals surface area contributed by atoms with Crippen LogP contribution in [0.2, 0.25) is 0 Å². The molecule has 0 bridgehead atoms. The summed E-state index contributed by atoms with van der Waals surface area (Å²) >= 11 is 5.35. The van der Waals surface area contributed by atoms with Gasteiger partial charge in [0.2, 0.25) is 4.77 Å². The van der Waals surface area contributed by atoms with Crippen molar-refractivity contribution in [3.8, 4) is 17.1 Å². The van der Waals surface area contributed by atoms with Crippen molar-refractivity contribution in [3.63, 3.8) is 0 Å². The predicted octanol–water partition coefficient (Wildman–Crippen LogP) is 5.32. The third-order valence-electron chi connectivity index (χ3n) is 4.32. The summed E-state index contributed by atoms with van der Waals surface area (Å²) in [6.45, 7) is 9.03. The summed E-state index contributed by atoms with van der Waals surface area (Å²) in [6, 6.07) is 14.1. The first-order valence-electron chi connectivity index (χ1n) is 9.05. The van der Waals surface area contributed by atoms with Gasteiger partial charge in [-0.1, -0.05) is 44.2 Å². The van der Waals surface area contributed by atoms with E-state index in [0.717, 1.165) is 22.4 Å².